The van der Waals surface area contributed by atoms with Crippen LogP contribution >= 0.6 is 15.9 Å². The van der Waals surface area contributed by atoms with E-state index in [9.17, 15) is 24.8 Å². The highest BCUT2D eigenvalue weighted by atomic mass is 79.9. The van der Waals surface area contributed by atoms with Crippen LogP contribution < -0.4 is 4.90 Å². The number of benzene rings is 2. The zero-order valence-corrected chi connectivity index (χ0v) is 17.4. The topological polar surface area (TPSA) is 114 Å². The van der Waals surface area contributed by atoms with Crippen molar-refractivity contribution in [1.29, 1.82) is 0 Å². The lowest BCUT2D eigenvalue weighted by atomic mass is 9.95. The van der Waals surface area contributed by atoms with Crippen LogP contribution in [-0.2, 0) is 9.59 Å². The highest BCUT2D eigenvalue weighted by Crippen LogP contribution is 2.42. The number of nitrogens with zero attached hydrogens (tertiary/aromatic N) is 3. The minimum absolute atomic E-state index is 0.165. The van der Waals surface area contributed by atoms with E-state index in [1.807, 2.05) is 0 Å². The lowest BCUT2D eigenvalue weighted by molar-refractivity contribution is -0.384. The Morgan fingerprint density at radius 2 is 1.81 bits per heavy atom. The van der Waals surface area contributed by atoms with E-state index in [0.717, 1.165) is 4.90 Å². The van der Waals surface area contributed by atoms with Crippen molar-refractivity contribution in [2.75, 3.05) is 4.90 Å². The Morgan fingerprint density at radius 3 is 2.45 bits per heavy atom. The van der Waals surface area contributed by atoms with Gasteiger partial charge >= 0.3 is 5.91 Å². The van der Waals surface area contributed by atoms with E-state index in [0.29, 0.717) is 15.6 Å². The number of Topliss-reactive ketones (excluding diaryl/α,β-unsaturated/α-hetero) is 1. The van der Waals surface area contributed by atoms with Gasteiger partial charge in [0, 0.05) is 28.4 Å². The van der Waals surface area contributed by atoms with Crippen LogP contribution in [0, 0.1) is 10.1 Å². The quantitative estimate of drug-likeness (QED) is 0.195. The molecular formula is C22H14BrN3O5. The molecule has 0 aliphatic carbocycles. The third kappa shape index (κ3) is 3.71. The lowest BCUT2D eigenvalue weighted by Crippen LogP contribution is -2.30. The van der Waals surface area contributed by atoms with Gasteiger partial charge in [-0.25, -0.2) is 4.98 Å². The zero-order valence-electron chi connectivity index (χ0n) is 15.8. The number of halogens is 1. The largest absolute Gasteiger partial charge is 0.507 e. The Morgan fingerprint density at radius 1 is 1.06 bits per heavy atom. The van der Waals surface area contributed by atoms with E-state index in [-0.39, 0.29) is 22.8 Å². The Hall–Kier alpha value is -3.85. The third-order valence-electron chi connectivity index (χ3n) is 4.85. The number of non-ortho nitro benzene ring substituents is 1. The van der Waals surface area contributed by atoms with Crippen molar-refractivity contribution >= 4 is 44.9 Å². The molecule has 1 unspecified atom stereocenters. The number of hydrogen-bond donors (Lipinski definition) is 1. The summed E-state index contributed by atoms with van der Waals surface area (Å²) in [5, 5.41) is 22.2. The normalized spacial score (nSPS) is 17.7. The number of amides is 1. The van der Waals surface area contributed by atoms with Crippen molar-refractivity contribution in [1.82, 2.24) is 4.98 Å². The van der Waals surface area contributed by atoms with Crippen molar-refractivity contribution in [3.05, 3.63) is 104 Å². The second kappa shape index (κ2) is 8.11. The van der Waals surface area contributed by atoms with E-state index in [1.54, 1.807) is 48.5 Å². The molecule has 1 atom stereocenters. The van der Waals surface area contributed by atoms with Crippen LogP contribution in [-0.4, -0.2) is 26.7 Å². The fourth-order valence-corrected chi connectivity index (χ4v) is 3.69. The van der Waals surface area contributed by atoms with Crippen LogP contribution in [0.2, 0.25) is 0 Å². The van der Waals surface area contributed by atoms with E-state index >= 15 is 0 Å². The number of aliphatic hydroxyl groups excluding tert-OH is 1. The SMILES string of the molecule is O=C1C(=O)N(c2ccc(Br)cn2)C(c2cccc([N+](=O)[O-])c2)C1=C(O)c1ccccc1. The van der Waals surface area contributed by atoms with Crippen molar-refractivity contribution in [2.45, 2.75) is 6.04 Å². The molecule has 154 valence electrons. The summed E-state index contributed by atoms with van der Waals surface area (Å²) in [5.74, 6) is -1.98. The highest BCUT2D eigenvalue weighted by Gasteiger charge is 2.47. The molecule has 0 spiro atoms. The molecule has 1 aliphatic rings. The molecule has 2 heterocycles. The van der Waals surface area contributed by atoms with Crippen molar-refractivity contribution < 1.29 is 19.6 Å². The van der Waals surface area contributed by atoms with Gasteiger partial charge in [-0.3, -0.25) is 24.6 Å². The summed E-state index contributed by atoms with van der Waals surface area (Å²) < 4.78 is 0.670. The highest BCUT2D eigenvalue weighted by molar-refractivity contribution is 9.10. The second-order valence-corrected chi connectivity index (χ2v) is 7.64. The number of hydrogen-bond acceptors (Lipinski definition) is 6. The van der Waals surface area contributed by atoms with Crippen molar-refractivity contribution in [3.63, 3.8) is 0 Å². The van der Waals surface area contributed by atoms with Crippen LogP contribution in [0.15, 0.2) is 83.0 Å². The number of rotatable bonds is 4. The van der Waals surface area contributed by atoms with Crippen LogP contribution in [0.25, 0.3) is 5.76 Å². The molecule has 4 rings (SSSR count). The monoisotopic (exact) mass is 479 g/mol. The van der Waals surface area contributed by atoms with Gasteiger partial charge in [0.15, 0.2) is 0 Å². The van der Waals surface area contributed by atoms with Gasteiger partial charge in [-0.05, 0) is 33.6 Å². The summed E-state index contributed by atoms with van der Waals surface area (Å²) in [5.41, 5.74) is 0.281. The van der Waals surface area contributed by atoms with E-state index in [1.165, 1.54) is 24.4 Å². The summed E-state index contributed by atoms with van der Waals surface area (Å²) in [6.45, 7) is 0. The van der Waals surface area contributed by atoms with Crippen LogP contribution in [0.1, 0.15) is 17.2 Å². The summed E-state index contributed by atoms with van der Waals surface area (Å²) in [4.78, 5) is 42.1. The Balaban J connectivity index is 1.97. The van der Waals surface area contributed by atoms with E-state index in [4.69, 9.17) is 0 Å². The number of carbonyl (C=O) groups excluding carboxylic acids is 2. The number of aromatic nitrogens is 1. The maximum Gasteiger partial charge on any atom is 0.301 e. The average molecular weight is 480 g/mol. The molecule has 31 heavy (non-hydrogen) atoms. The zero-order chi connectivity index (χ0) is 22.1. The number of aliphatic hydroxyl groups is 1. The van der Waals surface area contributed by atoms with Gasteiger partial charge in [-0.1, -0.05) is 42.5 Å². The Labute approximate surface area is 184 Å². The summed E-state index contributed by atoms with van der Waals surface area (Å²) >= 11 is 3.28. The van der Waals surface area contributed by atoms with Gasteiger partial charge in [0.25, 0.3) is 11.5 Å². The maximum atomic E-state index is 13.0. The second-order valence-electron chi connectivity index (χ2n) is 6.72. The van der Waals surface area contributed by atoms with Gasteiger partial charge in [-0.15, -0.1) is 0 Å². The standard InChI is InChI=1S/C22H14BrN3O5/c23-15-9-10-17(24-12-15)25-19(14-7-4-8-16(11-14)26(30)31)18(21(28)22(25)29)20(27)13-5-2-1-3-6-13/h1-12,19,27H. The van der Waals surface area contributed by atoms with Crippen LogP contribution in [0.5, 0.6) is 0 Å². The molecule has 2 aromatic carbocycles. The Bertz CT molecular complexity index is 1230. The molecule has 0 bridgehead atoms. The lowest BCUT2D eigenvalue weighted by Gasteiger charge is -2.24. The molecule has 1 N–H and O–H groups in total. The first-order valence-electron chi connectivity index (χ1n) is 9.11. The van der Waals surface area contributed by atoms with E-state index < -0.39 is 22.7 Å². The first kappa shape index (κ1) is 20.4. The van der Waals surface area contributed by atoms with Gasteiger partial charge in [0.1, 0.15) is 11.6 Å². The molecule has 8 nitrogen and oxygen atoms in total. The molecule has 1 aromatic heterocycles. The van der Waals surface area contributed by atoms with Crippen LogP contribution in [0.3, 0.4) is 0 Å². The fourth-order valence-electron chi connectivity index (χ4n) is 3.45. The summed E-state index contributed by atoms with van der Waals surface area (Å²) in [6.07, 6.45) is 1.47. The molecular weight excluding hydrogens is 466 g/mol. The number of pyridine rings is 1. The molecule has 3 aromatic rings. The van der Waals surface area contributed by atoms with Gasteiger partial charge < -0.3 is 5.11 Å². The number of nitro groups is 1. The molecule has 0 saturated carbocycles. The molecule has 1 aliphatic heterocycles. The van der Waals surface area contributed by atoms with Crippen molar-refractivity contribution in [3.8, 4) is 0 Å². The Kier molecular flexibility index (Phi) is 5.35. The third-order valence-corrected chi connectivity index (χ3v) is 5.32. The average Bonchev–Trinajstić information content (AvgIpc) is 3.05. The predicted molar refractivity (Wildman–Crippen MR) is 116 cm³/mol. The number of nitro benzene ring substituents is 1. The van der Waals surface area contributed by atoms with Crippen molar-refractivity contribution in [2.24, 2.45) is 0 Å². The van der Waals surface area contributed by atoms with Gasteiger partial charge in [0.2, 0.25) is 0 Å². The first-order chi connectivity index (χ1) is 14.9. The van der Waals surface area contributed by atoms with Crippen LogP contribution in [0.4, 0.5) is 11.5 Å². The molecule has 0 radical (unpaired) electrons. The summed E-state index contributed by atoms with van der Waals surface area (Å²) in [6, 6.07) is 16.0. The smallest absolute Gasteiger partial charge is 0.301 e. The number of ketones is 1. The summed E-state index contributed by atoms with van der Waals surface area (Å²) in [7, 11) is 0. The fraction of sp³-hybridized carbons (Fsp3) is 0.0455. The minimum atomic E-state index is -1.09. The van der Waals surface area contributed by atoms with Gasteiger partial charge in [-0.2, -0.15) is 0 Å². The predicted octanol–water partition coefficient (Wildman–Crippen LogP) is 4.38. The molecule has 1 saturated heterocycles. The van der Waals surface area contributed by atoms with E-state index in [2.05, 4.69) is 20.9 Å². The molecule has 9 heteroatoms. The molecule has 1 fully saturated rings. The number of carbonyl (C=O) groups is 2. The minimum Gasteiger partial charge on any atom is -0.507 e. The molecule has 1 amide bonds. The van der Waals surface area contributed by atoms with Gasteiger partial charge in [0.05, 0.1) is 16.5 Å². The maximum absolute atomic E-state index is 13.0. The number of anilines is 1. The first-order valence-corrected chi connectivity index (χ1v) is 9.90.